The molecule has 0 radical (unpaired) electrons. The summed E-state index contributed by atoms with van der Waals surface area (Å²) in [5.74, 6) is -0.696. The smallest absolute Gasteiger partial charge is 1.00 e. The number of fused-ring (bicyclic) bond motifs is 3. The molecule has 0 fully saturated rings. The second-order valence-corrected chi connectivity index (χ2v) is 28.7. The number of halogens is 2. The summed E-state index contributed by atoms with van der Waals surface area (Å²) in [5, 5.41) is 0. The van der Waals surface area contributed by atoms with Crippen molar-refractivity contribution < 1.29 is 45.7 Å². The summed E-state index contributed by atoms with van der Waals surface area (Å²) in [7, 11) is 0. The van der Waals surface area contributed by atoms with Gasteiger partial charge in [-0.05, 0) is 0 Å². The molecule has 0 bridgehead atoms. The largest absolute Gasteiger partial charge is 1.00 e. The first-order chi connectivity index (χ1) is 12.4. The van der Waals surface area contributed by atoms with Crippen molar-refractivity contribution in [1.82, 2.24) is 0 Å². The third-order valence-electron chi connectivity index (χ3n) is 5.88. The van der Waals surface area contributed by atoms with E-state index in [0.717, 1.165) is 3.63 Å². The summed E-state index contributed by atoms with van der Waals surface area (Å²) in [5.41, 5.74) is 8.12. The molecule has 0 nitrogen and oxygen atoms in total. The normalized spacial score (nSPS) is 15.2. The van der Waals surface area contributed by atoms with Gasteiger partial charge in [0.25, 0.3) is 0 Å². The number of allylic oxidation sites excluding steroid dienone is 4. The second kappa shape index (κ2) is 9.17. The van der Waals surface area contributed by atoms with Crippen molar-refractivity contribution >= 4 is 5.92 Å². The minimum Gasteiger partial charge on any atom is -1.00 e. The fraction of sp³-hybridized carbons (Fsp3) is 0.333. The van der Waals surface area contributed by atoms with Crippen molar-refractivity contribution in [2.24, 2.45) is 5.41 Å². The maximum Gasteiger partial charge on any atom is -1.00 e. The van der Waals surface area contributed by atoms with Gasteiger partial charge >= 0.3 is 168 Å². The molecule has 2 aliphatic carbocycles. The fourth-order valence-electron chi connectivity index (χ4n) is 4.63. The van der Waals surface area contributed by atoms with Crippen molar-refractivity contribution in [2.45, 2.75) is 43.9 Å². The van der Waals surface area contributed by atoms with Crippen LogP contribution in [0.15, 0.2) is 69.5 Å². The minimum atomic E-state index is -1.77. The molecule has 0 atom stereocenters. The van der Waals surface area contributed by atoms with Crippen LogP contribution in [0.1, 0.15) is 41.9 Å². The predicted octanol–water partition coefficient (Wildman–Crippen LogP) is 0.626. The van der Waals surface area contributed by atoms with Crippen LogP contribution in [-0.2, 0) is 20.9 Å². The van der Waals surface area contributed by atoms with E-state index in [0.29, 0.717) is 0 Å². The Bertz CT molecular complexity index is 863. The Morgan fingerprint density at radius 2 is 1.36 bits per heavy atom. The quantitative estimate of drug-likeness (QED) is 0.535. The van der Waals surface area contributed by atoms with E-state index in [9.17, 15) is 0 Å². The Morgan fingerprint density at radius 1 is 0.857 bits per heavy atom. The van der Waals surface area contributed by atoms with Gasteiger partial charge in [0, 0.05) is 0 Å². The molecule has 0 spiro atoms. The van der Waals surface area contributed by atoms with Gasteiger partial charge in [0.05, 0.1) is 0 Å². The van der Waals surface area contributed by atoms with Gasteiger partial charge in [-0.15, -0.1) is 0 Å². The summed E-state index contributed by atoms with van der Waals surface area (Å²) in [6, 6.07) is 18.5. The first-order valence-corrected chi connectivity index (χ1v) is 19.6. The zero-order valence-corrected chi connectivity index (χ0v) is 22.5. The molecule has 0 aromatic heterocycles. The molecule has 28 heavy (non-hydrogen) atoms. The number of hydrogen-bond donors (Lipinski definition) is 0. The Hall–Kier alpha value is -0.400. The molecular formula is C24H29Cl2SiZr. The number of benzene rings is 2. The summed E-state index contributed by atoms with van der Waals surface area (Å²) < 4.78 is 2.60. The zero-order chi connectivity index (χ0) is 18.5. The molecule has 0 heterocycles. The fourth-order valence-corrected chi connectivity index (χ4v) is 25.2. The van der Waals surface area contributed by atoms with Crippen LogP contribution >= 0.6 is 0 Å². The molecule has 2 aliphatic rings. The van der Waals surface area contributed by atoms with Crippen LogP contribution in [0.4, 0.5) is 0 Å². The van der Waals surface area contributed by atoms with E-state index in [1.807, 2.05) is 3.28 Å². The molecule has 0 N–H and O–H groups in total. The molecule has 4 heteroatoms. The van der Waals surface area contributed by atoms with Gasteiger partial charge in [-0.3, -0.25) is 0 Å². The summed E-state index contributed by atoms with van der Waals surface area (Å²) >= 11 is -1.77. The predicted molar refractivity (Wildman–Crippen MR) is 113 cm³/mol. The SMILES string of the molecule is C[SiH](C)[Zr+2]([C]1=CC(C(C)(C)C)=CC1)[CH]1c2ccccc2-c2ccccc21.[Cl-].[Cl-]. The first kappa shape index (κ1) is 23.9. The van der Waals surface area contributed by atoms with Crippen molar-refractivity contribution in [3.63, 3.8) is 0 Å². The van der Waals surface area contributed by atoms with E-state index >= 15 is 0 Å². The Labute approximate surface area is 191 Å². The Morgan fingerprint density at radius 3 is 1.79 bits per heavy atom. The van der Waals surface area contributed by atoms with Gasteiger partial charge in [0.15, 0.2) is 0 Å². The van der Waals surface area contributed by atoms with Crippen LogP contribution in [0.3, 0.4) is 0 Å². The van der Waals surface area contributed by atoms with E-state index < -0.39 is 26.8 Å². The monoisotopic (exact) mass is 505 g/mol. The summed E-state index contributed by atoms with van der Waals surface area (Å²) in [4.78, 5) is 0. The molecular weight excluding hydrogens is 478 g/mol. The van der Waals surface area contributed by atoms with Gasteiger partial charge in [-0.2, -0.15) is 0 Å². The third kappa shape index (κ3) is 4.22. The Balaban J connectivity index is 0.00000140. The van der Waals surface area contributed by atoms with E-state index in [1.165, 1.54) is 17.5 Å². The topological polar surface area (TPSA) is 0 Å². The second-order valence-electron chi connectivity index (χ2n) is 9.00. The van der Waals surface area contributed by atoms with Crippen molar-refractivity contribution in [2.75, 3.05) is 0 Å². The van der Waals surface area contributed by atoms with E-state index in [1.54, 1.807) is 16.7 Å². The van der Waals surface area contributed by atoms with Crippen LogP contribution in [0.2, 0.25) is 13.1 Å². The number of rotatable bonds is 3. The minimum absolute atomic E-state index is 0. The summed E-state index contributed by atoms with van der Waals surface area (Å²) in [6.07, 6.45) is 6.39. The van der Waals surface area contributed by atoms with Crippen LogP contribution in [0.25, 0.3) is 11.1 Å². The molecule has 2 aromatic rings. The number of hydrogen-bond acceptors (Lipinski definition) is 0. The molecule has 4 rings (SSSR count). The van der Waals surface area contributed by atoms with Crippen LogP contribution < -0.4 is 24.8 Å². The van der Waals surface area contributed by atoms with Gasteiger partial charge in [-0.1, -0.05) is 0 Å². The van der Waals surface area contributed by atoms with Crippen molar-refractivity contribution in [3.05, 3.63) is 80.7 Å². The van der Waals surface area contributed by atoms with E-state index in [-0.39, 0.29) is 30.2 Å². The molecule has 0 amide bonds. The van der Waals surface area contributed by atoms with E-state index in [2.05, 4.69) is 94.5 Å². The molecule has 0 unspecified atom stereocenters. The maximum atomic E-state index is 2.63. The average molecular weight is 508 g/mol. The van der Waals surface area contributed by atoms with Gasteiger partial charge in [0.2, 0.25) is 0 Å². The molecule has 147 valence electrons. The molecule has 2 aromatic carbocycles. The van der Waals surface area contributed by atoms with Crippen LogP contribution in [-0.4, -0.2) is 5.92 Å². The van der Waals surface area contributed by atoms with Gasteiger partial charge in [0.1, 0.15) is 0 Å². The molecule has 0 saturated carbocycles. The van der Waals surface area contributed by atoms with Crippen LogP contribution in [0, 0.1) is 5.41 Å². The first-order valence-electron chi connectivity index (χ1n) is 9.84. The summed E-state index contributed by atoms with van der Waals surface area (Å²) in [6.45, 7) is 12.3. The van der Waals surface area contributed by atoms with Crippen molar-refractivity contribution in [3.8, 4) is 11.1 Å². The zero-order valence-electron chi connectivity index (χ0n) is 17.4. The van der Waals surface area contributed by atoms with E-state index in [4.69, 9.17) is 0 Å². The average Bonchev–Trinajstić information content (AvgIpc) is 3.20. The molecule has 0 aliphatic heterocycles. The standard InChI is InChI=1S/C13H9.C9H13.C2H7Si.2ClH.Zr/c1-3-7-12-10(5-1)9-11-6-2-4-8-13(11)12;1-9(2,3)8-6-4-5-7-8;1-3-2;;;/h1-9H;6-7H,4H2,1-3H3;3H,1-2H3;2*1H;/q;;;;;+2/p-2. The van der Waals surface area contributed by atoms with Crippen LogP contribution in [0.5, 0.6) is 0 Å². The van der Waals surface area contributed by atoms with Crippen molar-refractivity contribution in [1.29, 1.82) is 0 Å². The maximum absolute atomic E-state index is 2.63. The third-order valence-corrected chi connectivity index (χ3v) is 26.2. The molecule has 0 saturated heterocycles. The Kier molecular flexibility index (Phi) is 7.82. The van der Waals surface area contributed by atoms with Gasteiger partial charge < -0.3 is 24.8 Å². The van der Waals surface area contributed by atoms with Gasteiger partial charge in [-0.25, -0.2) is 0 Å².